The third-order valence-corrected chi connectivity index (χ3v) is 4.73. The Morgan fingerprint density at radius 2 is 1.83 bits per heavy atom. The SMILES string of the molecule is CC[C@H](C)C(=O)OC[C@H]1O[C@@H](Oc2ccc(C(=O)O)cc2OC)[C@H](O)[C@@H](O)[C@@H]1O. The number of aliphatic hydroxyl groups is 3. The molecule has 0 aliphatic carbocycles. The maximum Gasteiger partial charge on any atom is 0.335 e. The van der Waals surface area contributed by atoms with Crippen molar-refractivity contribution in [3.63, 3.8) is 0 Å². The first-order chi connectivity index (χ1) is 13.7. The number of hydrogen-bond donors (Lipinski definition) is 4. The maximum atomic E-state index is 11.8. The van der Waals surface area contributed by atoms with Crippen LogP contribution in [-0.2, 0) is 14.3 Å². The highest BCUT2D eigenvalue weighted by molar-refractivity contribution is 5.88. The number of methoxy groups -OCH3 is 1. The van der Waals surface area contributed by atoms with Gasteiger partial charge in [-0.2, -0.15) is 0 Å². The molecule has 10 nitrogen and oxygen atoms in total. The van der Waals surface area contributed by atoms with Gasteiger partial charge in [0.05, 0.1) is 18.6 Å². The van der Waals surface area contributed by atoms with Crippen molar-refractivity contribution in [2.24, 2.45) is 5.92 Å². The average Bonchev–Trinajstić information content (AvgIpc) is 2.72. The van der Waals surface area contributed by atoms with E-state index in [-0.39, 0.29) is 29.6 Å². The molecule has 10 heteroatoms. The van der Waals surface area contributed by atoms with Gasteiger partial charge in [-0.15, -0.1) is 0 Å². The summed E-state index contributed by atoms with van der Waals surface area (Å²) in [4.78, 5) is 22.9. The van der Waals surface area contributed by atoms with Crippen molar-refractivity contribution < 1.29 is 49.0 Å². The molecule has 162 valence electrons. The summed E-state index contributed by atoms with van der Waals surface area (Å²) in [5.41, 5.74) is -0.0374. The number of ether oxygens (including phenoxy) is 4. The van der Waals surface area contributed by atoms with Gasteiger partial charge in [0.25, 0.3) is 0 Å². The molecule has 0 amide bonds. The summed E-state index contributed by atoms with van der Waals surface area (Å²) in [5.74, 6) is -1.85. The zero-order valence-corrected chi connectivity index (χ0v) is 16.3. The minimum Gasteiger partial charge on any atom is -0.493 e. The normalized spacial score (nSPS) is 27.7. The first-order valence-corrected chi connectivity index (χ1v) is 9.13. The van der Waals surface area contributed by atoms with Crippen LogP contribution in [0.15, 0.2) is 18.2 Å². The largest absolute Gasteiger partial charge is 0.493 e. The Kier molecular flexibility index (Phi) is 7.80. The number of hydrogen-bond acceptors (Lipinski definition) is 9. The van der Waals surface area contributed by atoms with Crippen LogP contribution in [0.4, 0.5) is 0 Å². The Balaban J connectivity index is 2.13. The number of aliphatic hydroxyl groups excluding tert-OH is 3. The molecule has 4 N–H and O–H groups in total. The van der Waals surface area contributed by atoms with Gasteiger partial charge in [0.15, 0.2) is 11.5 Å². The molecule has 0 saturated carbocycles. The Labute approximate surface area is 167 Å². The summed E-state index contributed by atoms with van der Waals surface area (Å²) in [6, 6.07) is 3.81. The van der Waals surface area contributed by atoms with Gasteiger partial charge in [-0.1, -0.05) is 13.8 Å². The van der Waals surface area contributed by atoms with E-state index in [0.717, 1.165) is 0 Å². The predicted octanol–water partition coefficient (Wildman–Crippen LogP) is 0.169. The van der Waals surface area contributed by atoms with Gasteiger partial charge < -0.3 is 39.4 Å². The monoisotopic (exact) mass is 414 g/mol. The molecule has 0 unspecified atom stereocenters. The van der Waals surface area contributed by atoms with Gasteiger partial charge in [-0.25, -0.2) is 4.79 Å². The number of rotatable bonds is 8. The number of benzene rings is 1. The molecule has 0 bridgehead atoms. The van der Waals surface area contributed by atoms with Crippen LogP contribution in [0, 0.1) is 5.92 Å². The fraction of sp³-hybridized carbons (Fsp3) is 0.579. The first-order valence-electron chi connectivity index (χ1n) is 9.13. The molecule has 2 rings (SSSR count). The molecule has 1 aliphatic rings. The maximum absolute atomic E-state index is 11.8. The summed E-state index contributed by atoms with van der Waals surface area (Å²) in [5, 5.41) is 39.5. The molecule has 1 heterocycles. The predicted molar refractivity (Wildman–Crippen MR) is 97.7 cm³/mol. The highest BCUT2D eigenvalue weighted by Gasteiger charge is 2.45. The molecule has 0 radical (unpaired) electrons. The molecular weight excluding hydrogens is 388 g/mol. The topological polar surface area (TPSA) is 152 Å². The van der Waals surface area contributed by atoms with E-state index in [9.17, 15) is 24.9 Å². The quantitative estimate of drug-likeness (QED) is 0.433. The van der Waals surface area contributed by atoms with Crippen molar-refractivity contribution in [2.45, 2.75) is 51.0 Å². The highest BCUT2D eigenvalue weighted by Crippen LogP contribution is 2.32. The number of carbonyl (C=O) groups excluding carboxylic acids is 1. The Morgan fingerprint density at radius 3 is 2.41 bits per heavy atom. The fourth-order valence-corrected chi connectivity index (χ4v) is 2.65. The van der Waals surface area contributed by atoms with Crippen LogP contribution in [0.3, 0.4) is 0 Å². The lowest BCUT2D eigenvalue weighted by atomic mass is 9.99. The van der Waals surface area contributed by atoms with Crippen LogP contribution < -0.4 is 9.47 Å². The molecule has 6 atom stereocenters. The van der Waals surface area contributed by atoms with E-state index >= 15 is 0 Å². The third kappa shape index (κ3) is 5.36. The van der Waals surface area contributed by atoms with E-state index in [1.807, 2.05) is 6.92 Å². The van der Waals surface area contributed by atoms with Crippen molar-refractivity contribution in [1.29, 1.82) is 0 Å². The van der Waals surface area contributed by atoms with Crippen molar-refractivity contribution >= 4 is 11.9 Å². The van der Waals surface area contributed by atoms with Gasteiger partial charge >= 0.3 is 11.9 Å². The van der Waals surface area contributed by atoms with E-state index in [4.69, 9.17) is 24.1 Å². The van der Waals surface area contributed by atoms with Crippen molar-refractivity contribution in [2.75, 3.05) is 13.7 Å². The molecule has 1 aromatic rings. The zero-order valence-electron chi connectivity index (χ0n) is 16.3. The second-order valence-corrected chi connectivity index (χ2v) is 6.74. The van der Waals surface area contributed by atoms with E-state index in [1.54, 1.807) is 6.92 Å². The summed E-state index contributed by atoms with van der Waals surface area (Å²) in [6.45, 7) is 3.17. The molecule has 0 aromatic heterocycles. The number of esters is 1. The summed E-state index contributed by atoms with van der Waals surface area (Å²) in [6.07, 6.45) is -6.74. The van der Waals surface area contributed by atoms with E-state index in [0.29, 0.717) is 6.42 Å². The smallest absolute Gasteiger partial charge is 0.335 e. The Hall–Kier alpha value is -2.40. The Morgan fingerprint density at radius 1 is 1.14 bits per heavy atom. The van der Waals surface area contributed by atoms with Crippen LogP contribution in [0.5, 0.6) is 11.5 Å². The van der Waals surface area contributed by atoms with Gasteiger partial charge in [0.2, 0.25) is 6.29 Å². The van der Waals surface area contributed by atoms with Crippen LogP contribution in [0.1, 0.15) is 30.6 Å². The van der Waals surface area contributed by atoms with Crippen molar-refractivity contribution in [3.05, 3.63) is 23.8 Å². The van der Waals surface area contributed by atoms with Gasteiger partial charge in [-0.3, -0.25) is 4.79 Å². The van der Waals surface area contributed by atoms with Crippen LogP contribution in [0.2, 0.25) is 0 Å². The second kappa shape index (κ2) is 9.88. The third-order valence-electron chi connectivity index (χ3n) is 4.73. The van der Waals surface area contributed by atoms with Gasteiger partial charge in [0.1, 0.15) is 31.0 Å². The fourth-order valence-electron chi connectivity index (χ4n) is 2.65. The Bertz CT molecular complexity index is 721. The van der Waals surface area contributed by atoms with Gasteiger partial charge in [0, 0.05) is 0 Å². The van der Waals surface area contributed by atoms with Crippen molar-refractivity contribution in [3.8, 4) is 11.5 Å². The minimum absolute atomic E-state index is 0.0374. The number of carboxylic acid groups (broad SMARTS) is 1. The van der Waals surface area contributed by atoms with E-state index in [1.165, 1.54) is 25.3 Å². The molecule has 29 heavy (non-hydrogen) atoms. The minimum atomic E-state index is -1.62. The van der Waals surface area contributed by atoms with Crippen LogP contribution in [-0.4, -0.2) is 76.8 Å². The lowest BCUT2D eigenvalue weighted by Crippen LogP contribution is -2.60. The first kappa shape index (κ1) is 22.9. The molecule has 1 aromatic carbocycles. The number of aromatic carboxylic acids is 1. The lowest BCUT2D eigenvalue weighted by Gasteiger charge is -2.40. The highest BCUT2D eigenvalue weighted by atomic mass is 16.7. The number of carboxylic acids is 1. The molecular formula is C19H26O10. The van der Waals surface area contributed by atoms with E-state index in [2.05, 4.69) is 0 Å². The standard InChI is InChI=1S/C19H26O10/c1-4-9(2)18(25)27-8-13-14(20)15(21)16(22)19(29-13)28-11-6-5-10(17(23)24)7-12(11)26-3/h5-7,9,13-16,19-22H,4,8H2,1-3H3,(H,23,24)/t9-,13+,14+,15-,16+,19+/m0/s1. The second-order valence-electron chi connectivity index (χ2n) is 6.74. The molecule has 0 spiro atoms. The summed E-state index contributed by atoms with van der Waals surface area (Å²) in [7, 11) is 1.31. The average molecular weight is 414 g/mol. The lowest BCUT2D eigenvalue weighted by molar-refractivity contribution is -0.279. The van der Waals surface area contributed by atoms with Gasteiger partial charge in [-0.05, 0) is 24.6 Å². The van der Waals surface area contributed by atoms with Crippen LogP contribution >= 0.6 is 0 Å². The molecule has 1 aliphatic heterocycles. The zero-order chi connectivity index (χ0) is 21.7. The summed E-state index contributed by atoms with van der Waals surface area (Å²) >= 11 is 0. The summed E-state index contributed by atoms with van der Waals surface area (Å²) < 4.78 is 21.3. The molecule has 1 saturated heterocycles. The molecule has 1 fully saturated rings. The number of carbonyl (C=O) groups is 2. The van der Waals surface area contributed by atoms with Crippen molar-refractivity contribution in [1.82, 2.24) is 0 Å². The van der Waals surface area contributed by atoms with Crippen LogP contribution in [0.25, 0.3) is 0 Å². The van der Waals surface area contributed by atoms with E-state index < -0.39 is 42.6 Å².